The molecule has 3 heteroatoms. The molecule has 0 aromatic heterocycles. The highest BCUT2D eigenvalue weighted by molar-refractivity contribution is 4.89. The molecule has 0 spiro atoms. The summed E-state index contributed by atoms with van der Waals surface area (Å²) in [5.41, 5.74) is 0.379. The Morgan fingerprint density at radius 3 is 1.88 bits per heavy atom. The summed E-state index contributed by atoms with van der Waals surface area (Å²) >= 11 is 0. The van der Waals surface area contributed by atoms with Crippen LogP contribution in [-0.4, -0.2) is 60.6 Å². The number of rotatable bonds is 3. The average Bonchev–Trinajstić information content (AvgIpc) is 2.04. The summed E-state index contributed by atoms with van der Waals surface area (Å²) in [7, 11) is 2.20. The van der Waals surface area contributed by atoms with Crippen LogP contribution < -0.4 is 5.32 Å². The van der Waals surface area contributed by atoms with E-state index >= 15 is 0 Å². The van der Waals surface area contributed by atoms with Crippen molar-refractivity contribution in [1.82, 2.24) is 15.1 Å². The molecule has 1 rings (SSSR count). The van der Waals surface area contributed by atoms with Gasteiger partial charge in [-0.15, -0.1) is 0 Å². The molecule has 0 unspecified atom stereocenters. The smallest absolute Gasteiger partial charge is 0.0256 e. The minimum absolute atomic E-state index is 0.189. The van der Waals surface area contributed by atoms with Crippen molar-refractivity contribution in [3.8, 4) is 0 Å². The molecule has 0 amide bonds. The minimum atomic E-state index is 0.189. The lowest BCUT2D eigenvalue weighted by Gasteiger charge is -2.41. The minimum Gasteiger partial charge on any atom is -0.306 e. The maximum Gasteiger partial charge on any atom is 0.0256 e. The van der Waals surface area contributed by atoms with Gasteiger partial charge >= 0.3 is 0 Å². The molecule has 1 N–H and O–H groups in total. The van der Waals surface area contributed by atoms with Crippen molar-refractivity contribution < 1.29 is 0 Å². The Morgan fingerprint density at radius 2 is 1.44 bits per heavy atom. The van der Waals surface area contributed by atoms with Crippen molar-refractivity contribution >= 4 is 0 Å². The fraction of sp³-hybridized carbons (Fsp3) is 1.00. The molecule has 1 aliphatic heterocycles. The van der Waals surface area contributed by atoms with Gasteiger partial charge in [-0.2, -0.15) is 0 Å². The number of nitrogens with zero attached hydrogens (tertiary/aromatic N) is 2. The van der Waals surface area contributed by atoms with Gasteiger partial charge in [0.15, 0.2) is 0 Å². The van der Waals surface area contributed by atoms with E-state index in [0.717, 1.165) is 6.54 Å². The van der Waals surface area contributed by atoms with E-state index in [4.69, 9.17) is 0 Å². The Hall–Kier alpha value is -0.120. The summed E-state index contributed by atoms with van der Waals surface area (Å²) in [4.78, 5) is 4.97. The fourth-order valence-corrected chi connectivity index (χ4v) is 2.62. The standard InChI is InChI=1S/C13H29N3/c1-12(2,3)14-13(4,5)11-16-9-7-15(6)8-10-16/h14H,7-11H2,1-6H3. The number of hydrogen-bond donors (Lipinski definition) is 1. The molecule has 1 heterocycles. The first kappa shape index (κ1) is 13.9. The van der Waals surface area contributed by atoms with Gasteiger partial charge < -0.3 is 10.2 Å². The third-order valence-electron chi connectivity index (χ3n) is 2.93. The monoisotopic (exact) mass is 227 g/mol. The largest absolute Gasteiger partial charge is 0.306 e. The van der Waals surface area contributed by atoms with Gasteiger partial charge in [0.25, 0.3) is 0 Å². The van der Waals surface area contributed by atoms with Crippen LogP contribution >= 0.6 is 0 Å². The van der Waals surface area contributed by atoms with Gasteiger partial charge in [-0.25, -0.2) is 0 Å². The van der Waals surface area contributed by atoms with E-state index in [9.17, 15) is 0 Å². The molecule has 0 atom stereocenters. The van der Waals surface area contributed by atoms with E-state index in [-0.39, 0.29) is 11.1 Å². The Bertz CT molecular complexity index is 210. The first-order valence-corrected chi connectivity index (χ1v) is 6.38. The maximum atomic E-state index is 3.70. The van der Waals surface area contributed by atoms with Gasteiger partial charge in [-0.1, -0.05) is 0 Å². The van der Waals surface area contributed by atoms with E-state index in [0.29, 0.717) is 0 Å². The van der Waals surface area contributed by atoms with Crippen LogP contribution in [0.25, 0.3) is 0 Å². The predicted molar refractivity (Wildman–Crippen MR) is 70.9 cm³/mol. The van der Waals surface area contributed by atoms with Crippen molar-refractivity contribution in [3.05, 3.63) is 0 Å². The van der Waals surface area contributed by atoms with Crippen LogP contribution in [0.4, 0.5) is 0 Å². The maximum absolute atomic E-state index is 3.70. The second-order valence-corrected chi connectivity index (χ2v) is 6.84. The quantitative estimate of drug-likeness (QED) is 0.786. The average molecular weight is 227 g/mol. The molecular formula is C13H29N3. The molecule has 0 aromatic carbocycles. The molecule has 0 radical (unpaired) electrons. The third kappa shape index (κ3) is 5.28. The van der Waals surface area contributed by atoms with Gasteiger partial charge in [0.05, 0.1) is 0 Å². The number of hydrogen-bond acceptors (Lipinski definition) is 3. The summed E-state index contributed by atoms with van der Waals surface area (Å²) in [5.74, 6) is 0. The molecular weight excluding hydrogens is 198 g/mol. The SMILES string of the molecule is CN1CCN(CC(C)(C)NC(C)(C)C)CC1. The molecule has 1 saturated heterocycles. The molecule has 0 saturated carbocycles. The molecule has 0 aliphatic carbocycles. The molecule has 3 nitrogen and oxygen atoms in total. The number of piperazine rings is 1. The number of likely N-dealkylation sites (N-methyl/N-ethyl adjacent to an activating group) is 1. The van der Waals surface area contributed by atoms with Crippen LogP contribution in [0.3, 0.4) is 0 Å². The van der Waals surface area contributed by atoms with Crippen molar-refractivity contribution in [2.24, 2.45) is 0 Å². The third-order valence-corrected chi connectivity index (χ3v) is 2.93. The lowest BCUT2D eigenvalue weighted by Crippen LogP contribution is -2.58. The Balaban J connectivity index is 2.40. The summed E-state index contributed by atoms with van der Waals surface area (Å²) < 4.78 is 0. The molecule has 96 valence electrons. The summed E-state index contributed by atoms with van der Waals surface area (Å²) in [6.07, 6.45) is 0. The van der Waals surface area contributed by atoms with Crippen molar-refractivity contribution in [2.45, 2.75) is 45.7 Å². The second-order valence-electron chi connectivity index (χ2n) is 6.84. The molecule has 1 fully saturated rings. The highest BCUT2D eigenvalue weighted by Gasteiger charge is 2.27. The van der Waals surface area contributed by atoms with Crippen LogP contribution in [0.5, 0.6) is 0 Å². The zero-order valence-electron chi connectivity index (χ0n) is 11.9. The Labute approximate surface area is 101 Å². The summed E-state index contributed by atoms with van der Waals surface area (Å²) in [5, 5.41) is 3.70. The topological polar surface area (TPSA) is 18.5 Å². The van der Waals surface area contributed by atoms with Crippen molar-refractivity contribution in [1.29, 1.82) is 0 Å². The Kier molecular flexibility index (Phi) is 4.38. The van der Waals surface area contributed by atoms with Gasteiger partial charge in [-0.3, -0.25) is 4.90 Å². The van der Waals surface area contributed by atoms with Crippen LogP contribution in [0.1, 0.15) is 34.6 Å². The van der Waals surface area contributed by atoms with Gasteiger partial charge in [0.2, 0.25) is 0 Å². The predicted octanol–water partition coefficient (Wildman–Crippen LogP) is 1.40. The fourth-order valence-electron chi connectivity index (χ4n) is 2.62. The molecule has 16 heavy (non-hydrogen) atoms. The molecule has 0 bridgehead atoms. The zero-order valence-corrected chi connectivity index (χ0v) is 11.9. The van der Waals surface area contributed by atoms with Crippen molar-refractivity contribution in [2.75, 3.05) is 39.8 Å². The van der Waals surface area contributed by atoms with E-state index in [2.05, 4.69) is 56.8 Å². The number of nitrogens with one attached hydrogen (secondary N) is 1. The molecule has 1 aliphatic rings. The van der Waals surface area contributed by atoms with E-state index in [1.165, 1.54) is 26.2 Å². The van der Waals surface area contributed by atoms with Gasteiger partial charge in [0.1, 0.15) is 0 Å². The summed E-state index contributed by atoms with van der Waals surface area (Å²) in [6, 6.07) is 0. The first-order valence-electron chi connectivity index (χ1n) is 6.38. The van der Waals surface area contributed by atoms with Crippen molar-refractivity contribution in [3.63, 3.8) is 0 Å². The van der Waals surface area contributed by atoms with Gasteiger partial charge in [-0.05, 0) is 41.7 Å². The first-order chi connectivity index (χ1) is 7.18. The van der Waals surface area contributed by atoms with Crippen LogP contribution in [0.2, 0.25) is 0 Å². The van der Waals surface area contributed by atoms with E-state index in [1.54, 1.807) is 0 Å². The van der Waals surface area contributed by atoms with E-state index < -0.39 is 0 Å². The highest BCUT2D eigenvalue weighted by Crippen LogP contribution is 2.13. The molecule has 0 aromatic rings. The lowest BCUT2D eigenvalue weighted by atomic mass is 9.98. The van der Waals surface area contributed by atoms with Crippen LogP contribution in [0, 0.1) is 0 Å². The van der Waals surface area contributed by atoms with Gasteiger partial charge in [0, 0.05) is 43.8 Å². The van der Waals surface area contributed by atoms with Crippen LogP contribution in [0.15, 0.2) is 0 Å². The Morgan fingerprint density at radius 1 is 0.938 bits per heavy atom. The normalized spacial score (nSPS) is 21.4. The lowest BCUT2D eigenvalue weighted by molar-refractivity contribution is 0.114. The zero-order chi connectivity index (χ0) is 12.4. The van der Waals surface area contributed by atoms with E-state index in [1.807, 2.05) is 0 Å². The summed E-state index contributed by atoms with van der Waals surface area (Å²) in [6.45, 7) is 17.2. The second kappa shape index (κ2) is 5.03. The van der Waals surface area contributed by atoms with Crippen LogP contribution in [-0.2, 0) is 0 Å². The highest BCUT2D eigenvalue weighted by atomic mass is 15.3.